The van der Waals surface area contributed by atoms with Crippen LogP contribution in [0.25, 0.3) is 0 Å². The van der Waals surface area contributed by atoms with Crippen LogP contribution in [0.2, 0.25) is 0 Å². The van der Waals surface area contributed by atoms with Crippen LogP contribution < -0.4 is 0 Å². The summed E-state index contributed by atoms with van der Waals surface area (Å²) in [6.07, 6.45) is 8.83. The molecule has 0 aliphatic heterocycles. The summed E-state index contributed by atoms with van der Waals surface area (Å²) in [7, 11) is 0. The van der Waals surface area contributed by atoms with E-state index in [0.29, 0.717) is 0 Å². The number of aromatic nitrogens is 2. The van der Waals surface area contributed by atoms with E-state index >= 15 is 0 Å². The van der Waals surface area contributed by atoms with Crippen molar-refractivity contribution in [3.05, 3.63) is 18.6 Å². The molecule has 86 valence electrons. The number of thioether (sulfide) groups is 1. The van der Waals surface area contributed by atoms with E-state index < -0.39 is 5.97 Å². The Labute approximate surface area is 98.5 Å². The maximum Gasteiger partial charge on any atom is 0.307 e. The Morgan fingerprint density at radius 2 is 2.19 bits per heavy atom. The molecule has 2 rings (SSSR count). The molecule has 0 spiro atoms. The van der Waals surface area contributed by atoms with E-state index in [2.05, 4.69) is 9.97 Å². The molecule has 5 heteroatoms. The Morgan fingerprint density at radius 1 is 1.38 bits per heavy atom. The molecule has 1 fully saturated rings. The standard InChI is InChI=1S/C11H14N2O2S/c14-11(15)8-3-1-2-4-9(8)16-10-7-12-5-6-13-10/h5-9H,1-4H2,(H,14,15). The van der Waals surface area contributed by atoms with Crippen molar-refractivity contribution in [1.29, 1.82) is 0 Å². The van der Waals surface area contributed by atoms with Gasteiger partial charge in [0.15, 0.2) is 0 Å². The van der Waals surface area contributed by atoms with E-state index in [-0.39, 0.29) is 11.2 Å². The molecule has 1 saturated carbocycles. The van der Waals surface area contributed by atoms with Gasteiger partial charge in [0.25, 0.3) is 0 Å². The zero-order chi connectivity index (χ0) is 11.4. The second-order valence-electron chi connectivity index (χ2n) is 3.93. The van der Waals surface area contributed by atoms with Gasteiger partial charge in [0, 0.05) is 17.6 Å². The molecule has 0 saturated heterocycles. The summed E-state index contributed by atoms with van der Waals surface area (Å²) in [5.74, 6) is -0.915. The quantitative estimate of drug-likeness (QED) is 0.874. The maximum absolute atomic E-state index is 11.1. The van der Waals surface area contributed by atoms with E-state index in [1.807, 2.05) is 0 Å². The third-order valence-corrected chi connectivity index (χ3v) is 4.15. The molecule has 0 aromatic carbocycles. The van der Waals surface area contributed by atoms with Gasteiger partial charge in [-0.3, -0.25) is 9.78 Å². The lowest BCUT2D eigenvalue weighted by atomic mass is 9.89. The molecule has 1 heterocycles. The van der Waals surface area contributed by atoms with Crippen molar-refractivity contribution in [2.75, 3.05) is 0 Å². The number of hydrogen-bond acceptors (Lipinski definition) is 4. The highest BCUT2D eigenvalue weighted by Crippen LogP contribution is 2.36. The predicted octanol–water partition coefficient (Wildman–Crippen LogP) is 2.21. The van der Waals surface area contributed by atoms with Gasteiger partial charge < -0.3 is 5.11 Å². The number of rotatable bonds is 3. The van der Waals surface area contributed by atoms with E-state index in [1.165, 1.54) is 0 Å². The molecule has 1 N–H and O–H groups in total. The van der Waals surface area contributed by atoms with Crippen LogP contribution in [0.15, 0.2) is 23.6 Å². The fourth-order valence-electron chi connectivity index (χ4n) is 2.02. The summed E-state index contributed by atoms with van der Waals surface area (Å²) < 4.78 is 0. The van der Waals surface area contributed by atoms with E-state index in [0.717, 1.165) is 30.7 Å². The van der Waals surface area contributed by atoms with Crippen LogP contribution in [0.5, 0.6) is 0 Å². The van der Waals surface area contributed by atoms with Gasteiger partial charge in [-0.25, -0.2) is 4.98 Å². The minimum absolute atomic E-state index is 0.142. The first-order valence-corrected chi connectivity index (χ1v) is 6.31. The Kier molecular flexibility index (Phi) is 3.77. The largest absolute Gasteiger partial charge is 0.481 e. The summed E-state index contributed by atoms with van der Waals surface area (Å²) in [5, 5.41) is 10.1. The fraction of sp³-hybridized carbons (Fsp3) is 0.545. The maximum atomic E-state index is 11.1. The Balaban J connectivity index is 2.04. The molecule has 0 radical (unpaired) electrons. The minimum Gasteiger partial charge on any atom is -0.481 e. The first-order chi connectivity index (χ1) is 7.77. The molecule has 1 aliphatic carbocycles. The van der Waals surface area contributed by atoms with Crippen molar-refractivity contribution in [3.63, 3.8) is 0 Å². The highest BCUT2D eigenvalue weighted by atomic mass is 32.2. The zero-order valence-electron chi connectivity index (χ0n) is 8.87. The highest BCUT2D eigenvalue weighted by molar-refractivity contribution is 7.99. The van der Waals surface area contributed by atoms with Crippen LogP contribution in [0, 0.1) is 5.92 Å². The van der Waals surface area contributed by atoms with Crippen LogP contribution in [0.4, 0.5) is 0 Å². The lowest BCUT2D eigenvalue weighted by Gasteiger charge is -2.27. The highest BCUT2D eigenvalue weighted by Gasteiger charge is 2.31. The Bertz CT molecular complexity index is 358. The summed E-state index contributed by atoms with van der Waals surface area (Å²) >= 11 is 1.55. The van der Waals surface area contributed by atoms with E-state index in [4.69, 9.17) is 5.11 Å². The van der Waals surface area contributed by atoms with E-state index in [9.17, 15) is 4.79 Å². The van der Waals surface area contributed by atoms with Crippen LogP contribution in [-0.2, 0) is 4.79 Å². The van der Waals surface area contributed by atoms with Gasteiger partial charge in [-0.1, -0.05) is 12.8 Å². The monoisotopic (exact) mass is 238 g/mol. The van der Waals surface area contributed by atoms with Crippen LogP contribution >= 0.6 is 11.8 Å². The minimum atomic E-state index is -0.680. The van der Waals surface area contributed by atoms with Crippen molar-refractivity contribution >= 4 is 17.7 Å². The average molecular weight is 238 g/mol. The lowest BCUT2D eigenvalue weighted by Crippen LogP contribution is -2.29. The zero-order valence-corrected chi connectivity index (χ0v) is 9.69. The topological polar surface area (TPSA) is 63.1 Å². The number of carboxylic acid groups (broad SMARTS) is 1. The summed E-state index contributed by atoms with van der Waals surface area (Å²) in [6.45, 7) is 0. The predicted molar refractivity (Wildman–Crippen MR) is 61.3 cm³/mol. The molecule has 1 aliphatic rings. The summed E-state index contributed by atoms with van der Waals surface area (Å²) in [6, 6.07) is 0. The van der Waals surface area contributed by atoms with Crippen LogP contribution in [0.3, 0.4) is 0 Å². The van der Waals surface area contributed by atoms with Crippen molar-refractivity contribution in [3.8, 4) is 0 Å². The Morgan fingerprint density at radius 3 is 2.88 bits per heavy atom. The number of nitrogens with zero attached hydrogens (tertiary/aromatic N) is 2. The molecule has 2 atom stereocenters. The summed E-state index contributed by atoms with van der Waals surface area (Å²) in [4.78, 5) is 19.3. The second-order valence-corrected chi connectivity index (χ2v) is 5.19. The normalized spacial score (nSPS) is 25.2. The molecular formula is C11H14N2O2S. The second kappa shape index (κ2) is 5.30. The van der Waals surface area contributed by atoms with Crippen LogP contribution in [0.1, 0.15) is 25.7 Å². The lowest BCUT2D eigenvalue weighted by molar-refractivity contribution is -0.142. The SMILES string of the molecule is O=C(O)C1CCCCC1Sc1cnccn1. The van der Waals surface area contributed by atoms with Gasteiger partial charge in [0.1, 0.15) is 5.03 Å². The molecule has 0 amide bonds. The fourth-order valence-corrected chi connectivity index (χ4v) is 3.28. The van der Waals surface area contributed by atoms with Gasteiger partial charge >= 0.3 is 5.97 Å². The van der Waals surface area contributed by atoms with Crippen molar-refractivity contribution in [1.82, 2.24) is 9.97 Å². The van der Waals surface area contributed by atoms with Gasteiger partial charge in [0.05, 0.1) is 12.1 Å². The van der Waals surface area contributed by atoms with Gasteiger partial charge in [-0.15, -0.1) is 11.8 Å². The molecule has 1 aromatic heterocycles. The average Bonchev–Trinajstić information content (AvgIpc) is 2.31. The first kappa shape index (κ1) is 11.4. The van der Waals surface area contributed by atoms with Crippen molar-refractivity contribution < 1.29 is 9.90 Å². The molecule has 2 unspecified atom stereocenters. The number of hydrogen-bond donors (Lipinski definition) is 1. The first-order valence-electron chi connectivity index (χ1n) is 5.43. The molecule has 0 bridgehead atoms. The molecule has 4 nitrogen and oxygen atoms in total. The smallest absolute Gasteiger partial charge is 0.307 e. The Hall–Kier alpha value is -1.10. The van der Waals surface area contributed by atoms with Gasteiger partial charge in [-0.05, 0) is 12.8 Å². The molecular weight excluding hydrogens is 224 g/mol. The van der Waals surface area contributed by atoms with Crippen molar-refractivity contribution in [2.45, 2.75) is 36.0 Å². The van der Waals surface area contributed by atoms with Gasteiger partial charge in [-0.2, -0.15) is 0 Å². The van der Waals surface area contributed by atoms with Gasteiger partial charge in [0.2, 0.25) is 0 Å². The number of carbonyl (C=O) groups is 1. The third-order valence-electron chi connectivity index (χ3n) is 2.83. The third kappa shape index (κ3) is 2.72. The molecule has 1 aromatic rings. The van der Waals surface area contributed by atoms with Crippen LogP contribution in [-0.4, -0.2) is 26.3 Å². The van der Waals surface area contributed by atoms with E-state index in [1.54, 1.807) is 30.4 Å². The van der Waals surface area contributed by atoms with Crippen molar-refractivity contribution in [2.24, 2.45) is 5.92 Å². The number of aliphatic carboxylic acids is 1. The number of carboxylic acids is 1. The molecule has 16 heavy (non-hydrogen) atoms. The summed E-state index contributed by atoms with van der Waals surface area (Å²) in [5.41, 5.74) is 0.